The topological polar surface area (TPSA) is 71.1 Å². The molecule has 1 aromatic heterocycles. The van der Waals surface area contributed by atoms with Gasteiger partial charge in [-0.05, 0) is 53.6 Å². The molecule has 7 heteroatoms. The van der Waals surface area contributed by atoms with Crippen LogP contribution in [0.5, 0.6) is 0 Å². The standard InChI is InChI=1S/C13H20BrN3O2S/c1-3-15-13-12(6-11(14)8-16-13)20(18,19)17-7-9(2)10-4-5-10/h6,8-10,17H,3-5,7H2,1-2H3,(H,15,16). The second-order valence-electron chi connectivity index (χ2n) is 5.20. The molecule has 0 radical (unpaired) electrons. The number of anilines is 1. The second-order valence-corrected chi connectivity index (χ2v) is 7.85. The lowest BCUT2D eigenvalue weighted by molar-refractivity contribution is 0.492. The summed E-state index contributed by atoms with van der Waals surface area (Å²) >= 11 is 3.27. The average Bonchev–Trinajstić information content (AvgIpc) is 3.23. The van der Waals surface area contributed by atoms with E-state index in [-0.39, 0.29) is 4.90 Å². The van der Waals surface area contributed by atoms with Gasteiger partial charge in [0.1, 0.15) is 10.7 Å². The Morgan fingerprint density at radius 1 is 1.50 bits per heavy atom. The first-order chi connectivity index (χ1) is 9.44. The zero-order chi connectivity index (χ0) is 14.8. The molecule has 0 saturated heterocycles. The highest BCUT2D eigenvalue weighted by Gasteiger charge is 2.29. The molecule has 0 spiro atoms. The molecule has 1 heterocycles. The monoisotopic (exact) mass is 361 g/mol. The Morgan fingerprint density at radius 3 is 2.80 bits per heavy atom. The molecule has 1 fully saturated rings. The first-order valence-corrected chi connectivity index (χ1v) is 9.10. The number of rotatable bonds is 7. The summed E-state index contributed by atoms with van der Waals surface area (Å²) in [6, 6.07) is 1.58. The summed E-state index contributed by atoms with van der Waals surface area (Å²) < 4.78 is 28.2. The molecule has 0 aromatic carbocycles. The van der Waals surface area contributed by atoms with Gasteiger partial charge in [0, 0.05) is 23.8 Å². The molecule has 1 unspecified atom stereocenters. The van der Waals surface area contributed by atoms with Crippen LogP contribution in [0.2, 0.25) is 0 Å². The van der Waals surface area contributed by atoms with Gasteiger partial charge in [0.05, 0.1) is 0 Å². The van der Waals surface area contributed by atoms with Crippen LogP contribution in [0.1, 0.15) is 26.7 Å². The fourth-order valence-corrected chi connectivity index (χ4v) is 3.86. The maximum Gasteiger partial charge on any atom is 0.244 e. The molecule has 0 aliphatic heterocycles. The molecule has 2 rings (SSSR count). The highest BCUT2D eigenvalue weighted by atomic mass is 79.9. The lowest BCUT2D eigenvalue weighted by atomic mass is 10.1. The number of sulfonamides is 1. The maximum absolute atomic E-state index is 12.4. The summed E-state index contributed by atoms with van der Waals surface area (Å²) in [4.78, 5) is 4.32. The molecule has 1 aliphatic rings. The Hall–Kier alpha value is -0.660. The minimum atomic E-state index is -3.54. The Kier molecular flexibility index (Phi) is 5.04. The van der Waals surface area contributed by atoms with Gasteiger partial charge < -0.3 is 5.32 Å². The summed E-state index contributed by atoms with van der Waals surface area (Å²) in [6.07, 6.45) is 4.01. The Labute approximate surface area is 128 Å². The third kappa shape index (κ3) is 3.93. The number of hydrogen-bond donors (Lipinski definition) is 2. The molecule has 0 bridgehead atoms. The van der Waals surface area contributed by atoms with Crippen molar-refractivity contribution in [1.82, 2.24) is 9.71 Å². The molecular weight excluding hydrogens is 342 g/mol. The van der Waals surface area contributed by atoms with Gasteiger partial charge in [-0.15, -0.1) is 0 Å². The van der Waals surface area contributed by atoms with Crippen LogP contribution in [0.25, 0.3) is 0 Å². The first-order valence-electron chi connectivity index (χ1n) is 6.83. The fraction of sp³-hybridized carbons (Fsp3) is 0.615. The number of pyridine rings is 1. The van der Waals surface area contributed by atoms with Crippen molar-refractivity contribution in [2.24, 2.45) is 11.8 Å². The van der Waals surface area contributed by atoms with Crippen molar-refractivity contribution in [3.05, 3.63) is 16.7 Å². The molecule has 0 amide bonds. The van der Waals surface area contributed by atoms with E-state index in [1.165, 1.54) is 12.8 Å². The predicted molar refractivity (Wildman–Crippen MR) is 83.2 cm³/mol. The van der Waals surface area contributed by atoms with Crippen LogP contribution in [-0.4, -0.2) is 26.5 Å². The first kappa shape index (κ1) is 15.7. The van der Waals surface area contributed by atoms with Crippen molar-refractivity contribution < 1.29 is 8.42 Å². The molecule has 5 nitrogen and oxygen atoms in total. The number of halogens is 1. The van der Waals surface area contributed by atoms with E-state index in [0.717, 1.165) is 0 Å². The van der Waals surface area contributed by atoms with Gasteiger partial charge in [0.2, 0.25) is 10.0 Å². The van der Waals surface area contributed by atoms with Crippen molar-refractivity contribution in [2.75, 3.05) is 18.4 Å². The smallest absolute Gasteiger partial charge is 0.244 e. The van der Waals surface area contributed by atoms with Crippen LogP contribution in [0.15, 0.2) is 21.6 Å². The normalized spacial score (nSPS) is 16.9. The molecule has 1 aromatic rings. The van der Waals surface area contributed by atoms with E-state index >= 15 is 0 Å². The van der Waals surface area contributed by atoms with Crippen LogP contribution in [0.3, 0.4) is 0 Å². The minimum Gasteiger partial charge on any atom is -0.369 e. The molecule has 1 aliphatic carbocycles. The van der Waals surface area contributed by atoms with Crippen molar-refractivity contribution >= 4 is 31.8 Å². The number of aromatic nitrogens is 1. The van der Waals surface area contributed by atoms with E-state index in [0.29, 0.717) is 35.2 Å². The van der Waals surface area contributed by atoms with E-state index in [1.807, 2.05) is 6.92 Å². The van der Waals surface area contributed by atoms with Crippen LogP contribution in [0, 0.1) is 11.8 Å². The second kappa shape index (κ2) is 6.41. The molecule has 1 atom stereocenters. The van der Waals surface area contributed by atoms with Crippen molar-refractivity contribution in [2.45, 2.75) is 31.6 Å². The third-order valence-electron chi connectivity index (χ3n) is 3.48. The molecule has 2 N–H and O–H groups in total. The summed E-state index contributed by atoms with van der Waals surface area (Å²) in [5, 5.41) is 2.98. The van der Waals surface area contributed by atoms with Crippen molar-refractivity contribution in [3.63, 3.8) is 0 Å². The van der Waals surface area contributed by atoms with E-state index < -0.39 is 10.0 Å². The summed E-state index contributed by atoms with van der Waals surface area (Å²) in [6.45, 7) is 5.09. The van der Waals surface area contributed by atoms with Crippen LogP contribution < -0.4 is 10.0 Å². The highest BCUT2D eigenvalue weighted by molar-refractivity contribution is 9.10. The van der Waals surface area contributed by atoms with Crippen molar-refractivity contribution in [1.29, 1.82) is 0 Å². The predicted octanol–water partition coefficient (Wildman–Crippen LogP) is 2.60. The van der Waals surface area contributed by atoms with Crippen LogP contribution in [0.4, 0.5) is 5.82 Å². The number of hydrogen-bond acceptors (Lipinski definition) is 4. The van der Waals surface area contributed by atoms with E-state index in [1.54, 1.807) is 12.3 Å². The lowest BCUT2D eigenvalue weighted by Crippen LogP contribution is -2.30. The Morgan fingerprint density at radius 2 is 2.20 bits per heavy atom. The van der Waals surface area contributed by atoms with Gasteiger partial charge in [-0.25, -0.2) is 18.1 Å². The summed E-state index contributed by atoms with van der Waals surface area (Å²) in [7, 11) is -3.54. The highest BCUT2D eigenvalue weighted by Crippen LogP contribution is 2.36. The quantitative estimate of drug-likeness (QED) is 0.782. The van der Waals surface area contributed by atoms with Gasteiger partial charge in [0.15, 0.2) is 0 Å². The maximum atomic E-state index is 12.4. The number of nitrogens with zero attached hydrogens (tertiary/aromatic N) is 1. The van der Waals surface area contributed by atoms with Gasteiger partial charge in [-0.3, -0.25) is 0 Å². The Balaban J connectivity index is 2.16. The summed E-state index contributed by atoms with van der Waals surface area (Å²) in [5.74, 6) is 1.45. The van der Waals surface area contributed by atoms with E-state index in [9.17, 15) is 8.42 Å². The Bertz CT molecular complexity index is 573. The zero-order valence-electron chi connectivity index (χ0n) is 11.7. The lowest BCUT2D eigenvalue weighted by Gasteiger charge is -2.14. The minimum absolute atomic E-state index is 0.191. The zero-order valence-corrected chi connectivity index (χ0v) is 14.1. The van der Waals surface area contributed by atoms with Gasteiger partial charge in [-0.1, -0.05) is 6.92 Å². The fourth-order valence-electron chi connectivity index (χ4n) is 2.08. The largest absolute Gasteiger partial charge is 0.369 e. The van der Waals surface area contributed by atoms with Gasteiger partial charge >= 0.3 is 0 Å². The van der Waals surface area contributed by atoms with Crippen molar-refractivity contribution in [3.8, 4) is 0 Å². The van der Waals surface area contributed by atoms with E-state index in [4.69, 9.17) is 0 Å². The van der Waals surface area contributed by atoms with Crippen LogP contribution in [-0.2, 0) is 10.0 Å². The third-order valence-corrected chi connectivity index (χ3v) is 5.35. The molecule has 112 valence electrons. The molecule has 20 heavy (non-hydrogen) atoms. The molecule has 1 saturated carbocycles. The van der Waals surface area contributed by atoms with Gasteiger partial charge in [0.25, 0.3) is 0 Å². The number of nitrogens with one attached hydrogen (secondary N) is 2. The van der Waals surface area contributed by atoms with E-state index in [2.05, 4.69) is 37.9 Å². The van der Waals surface area contributed by atoms with Gasteiger partial charge in [-0.2, -0.15) is 0 Å². The average molecular weight is 362 g/mol. The van der Waals surface area contributed by atoms with Crippen LogP contribution >= 0.6 is 15.9 Å². The molecular formula is C13H20BrN3O2S. The SMILES string of the molecule is CCNc1ncc(Br)cc1S(=O)(=O)NCC(C)C1CC1. The summed E-state index contributed by atoms with van der Waals surface area (Å²) in [5.41, 5.74) is 0.